The van der Waals surface area contributed by atoms with E-state index in [4.69, 9.17) is 6.42 Å². The van der Waals surface area contributed by atoms with Gasteiger partial charge < -0.3 is 10.6 Å². The number of imide groups is 1. The van der Waals surface area contributed by atoms with Crippen molar-refractivity contribution >= 4 is 17.8 Å². The van der Waals surface area contributed by atoms with E-state index in [1.807, 2.05) is 0 Å². The Bertz CT molecular complexity index is 302. The fourth-order valence-corrected chi connectivity index (χ4v) is 0.964. The zero-order valence-electron chi connectivity index (χ0n) is 7.37. The SMILES string of the molecule is C#CCNC(=O)CN1C(=O)CNC1=O. The highest BCUT2D eigenvalue weighted by Crippen LogP contribution is 1.97. The number of carbonyl (C=O) groups excluding carboxylic acids is 3. The maximum Gasteiger partial charge on any atom is 0.325 e. The summed E-state index contributed by atoms with van der Waals surface area (Å²) in [5, 5.41) is 4.65. The van der Waals surface area contributed by atoms with Crippen molar-refractivity contribution in [1.82, 2.24) is 15.5 Å². The van der Waals surface area contributed by atoms with E-state index in [9.17, 15) is 14.4 Å². The first-order valence-corrected chi connectivity index (χ1v) is 3.93. The van der Waals surface area contributed by atoms with Gasteiger partial charge in [0.15, 0.2) is 0 Å². The molecule has 6 heteroatoms. The van der Waals surface area contributed by atoms with Crippen LogP contribution in [0.3, 0.4) is 0 Å². The van der Waals surface area contributed by atoms with Crippen LogP contribution in [0.15, 0.2) is 0 Å². The number of rotatable bonds is 3. The number of nitrogens with one attached hydrogen (secondary N) is 2. The minimum absolute atomic E-state index is 0.0543. The number of nitrogens with zero attached hydrogens (tertiary/aromatic N) is 1. The second-order valence-corrected chi connectivity index (χ2v) is 2.62. The van der Waals surface area contributed by atoms with Crippen LogP contribution < -0.4 is 10.6 Å². The third-order valence-corrected chi connectivity index (χ3v) is 1.63. The highest BCUT2D eigenvalue weighted by Gasteiger charge is 2.29. The predicted molar refractivity (Wildman–Crippen MR) is 47.0 cm³/mol. The van der Waals surface area contributed by atoms with Gasteiger partial charge in [-0.05, 0) is 0 Å². The summed E-state index contributed by atoms with van der Waals surface area (Å²) >= 11 is 0. The monoisotopic (exact) mass is 195 g/mol. The summed E-state index contributed by atoms with van der Waals surface area (Å²) in [6, 6.07) is -0.550. The molecule has 4 amide bonds. The van der Waals surface area contributed by atoms with Crippen molar-refractivity contribution in [3.8, 4) is 12.3 Å². The van der Waals surface area contributed by atoms with E-state index in [0.29, 0.717) is 0 Å². The fraction of sp³-hybridized carbons (Fsp3) is 0.375. The van der Waals surface area contributed by atoms with Gasteiger partial charge in [-0.1, -0.05) is 5.92 Å². The molecular weight excluding hydrogens is 186 g/mol. The molecule has 6 nitrogen and oxygen atoms in total. The summed E-state index contributed by atoms with van der Waals surface area (Å²) in [5.41, 5.74) is 0. The highest BCUT2D eigenvalue weighted by molar-refractivity contribution is 6.04. The third-order valence-electron chi connectivity index (χ3n) is 1.63. The van der Waals surface area contributed by atoms with Gasteiger partial charge in [-0.15, -0.1) is 6.42 Å². The largest absolute Gasteiger partial charge is 0.344 e. The maximum absolute atomic E-state index is 11.1. The van der Waals surface area contributed by atoms with E-state index in [0.717, 1.165) is 4.90 Å². The van der Waals surface area contributed by atoms with Gasteiger partial charge in [0.2, 0.25) is 5.91 Å². The predicted octanol–water partition coefficient (Wildman–Crippen LogP) is -1.71. The van der Waals surface area contributed by atoms with Crippen LogP contribution in [0, 0.1) is 12.3 Å². The van der Waals surface area contributed by atoms with E-state index < -0.39 is 17.8 Å². The molecule has 0 radical (unpaired) electrons. The summed E-state index contributed by atoms with van der Waals surface area (Å²) in [4.78, 5) is 33.9. The van der Waals surface area contributed by atoms with Gasteiger partial charge in [0, 0.05) is 0 Å². The Hall–Kier alpha value is -2.03. The number of urea groups is 1. The molecule has 74 valence electrons. The topological polar surface area (TPSA) is 78.5 Å². The third kappa shape index (κ3) is 2.23. The highest BCUT2D eigenvalue weighted by atomic mass is 16.2. The molecule has 1 saturated heterocycles. The minimum atomic E-state index is -0.550. The van der Waals surface area contributed by atoms with Crippen molar-refractivity contribution in [2.45, 2.75) is 0 Å². The number of hydrogen-bond acceptors (Lipinski definition) is 3. The van der Waals surface area contributed by atoms with E-state index in [1.165, 1.54) is 0 Å². The molecule has 1 aliphatic rings. The van der Waals surface area contributed by atoms with Gasteiger partial charge in [-0.25, -0.2) is 4.79 Å². The number of amides is 4. The maximum atomic E-state index is 11.1. The van der Waals surface area contributed by atoms with Crippen LogP contribution in [-0.4, -0.2) is 42.4 Å². The van der Waals surface area contributed by atoms with Gasteiger partial charge in [-0.3, -0.25) is 14.5 Å². The molecule has 0 spiro atoms. The molecule has 0 saturated carbocycles. The Morgan fingerprint density at radius 3 is 2.86 bits per heavy atom. The normalized spacial score (nSPS) is 14.9. The molecule has 0 aliphatic carbocycles. The van der Waals surface area contributed by atoms with Crippen molar-refractivity contribution in [3.05, 3.63) is 0 Å². The summed E-state index contributed by atoms with van der Waals surface area (Å²) in [7, 11) is 0. The van der Waals surface area contributed by atoms with Crippen molar-refractivity contribution in [1.29, 1.82) is 0 Å². The molecule has 0 aromatic heterocycles. The number of carbonyl (C=O) groups is 3. The lowest BCUT2D eigenvalue weighted by molar-refractivity contribution is -0.130. The number of terminal acetylenes is 1. The first-order chi connectivity index (χ1) is 6.65. The van der Waals surface area contributed by atoms with Crippen molar-refractivity contribution in [3.63, 3.8) is 0 Å². The Labute approximate surface area is 80.6 Å². The van der Waals surface area contributed by atoms with Gasteiger partial charge in [0.25, 0.3) is 5.91 Å². The lowest BCUT2D eigenvalue weighted by Crippen LogP contribution is -2.40. The molecule has 1 aliphatic heterocycles. The molecule has 0 unspecified atom stereocenters. The molecule has 0 bridgehead atoms. The van der Waals surface area contributed by atoms with Crippen LogP contribution in [0.1, 0.15) is 0 Å². The van der Waals surface area contributed by atoms with Crippen molar-refractivity contribution in [2.75, 3.05) is 19.6 Å². The molecule has 1 rings (SSSR count). The van der Waals surface area contributed by atoms with Gasteiger partial charge in [0.05, 0.1) is 13.1 Å². The fourth-order valence-electron chi connectivity index (χ4n) is 0.964. The first kappa shape index (κ1) is 10.1. The quantitative estimate of drug-likeness (QED) is 0.415. The Balaban J connectivity index is 2.44. The second kappa shape index (κ2) is 4.28. The molecular formula is C8H9N3O3. The van der Waals surface area contributed by atoms with Crippen molar-refractivity contribution < 1.29 is 14.4 Å². The standard InChI is InChI=1S/C8H9N3O3/c1-2-3-9-6(12)5-11-7(13)4-10-8(11)14/h1H,3-5H2,(H,9,12)(H,10,14). The van der Waals surface area contributed by atoms with E-state index in [-0.39, 0.29) is 19.6 Å². The molecule has 1 heterocycles. The van der Waals surface area contributed by atoms with Crippen LogP contribution in [0.5, 0.6) is 0 Å². The molecule has 14 heavy (non-hydrogen) atoms. The molecule has 0 aromatic rings. The van der Waals surface area contributed by atoms with Gasteiger partial charge in [-0.2, -0.15) is 0 Å². The van der Waals surface area contributed by atoms with Crippen LogP contribution in [-0.2, 0) is 9.59 Å². The van der Waals surface area contributed by atoms with E-state index >= 15 is 0 Å². The minimum Gasteiger partial charge on any atom is -0.344 e. The van der Waals surface area contributed by atoms with Crippen LogP contribution in [0.4, 0.5) is 4.79 Å². The van der Waals surface area contributed by atoms with Gasteiger partial charge in [0.1, 0.15) is 6.54 Å². The summed E-state index contributed by atoms with van der Waals surface area (Å²) in [5.74, 6) is 1.35. The Morgan fingerprint density at radius 1 is 1.64 bits per heavy atom. The number of hydrogen-bond donors (Lipinski definition) is 2. The lowest BCUT2D eigenvalue weighted by Gasteiger charge is -2.10. The second-order valence-electron chi connectivity index (χ2n) is 2.62. The summed E-state index contributed by atoms with van der Waals surface area (Å²) in [6.07, 6.45) is 4.92. The molecule has 1 fully saturated rings. The molecule has 0 atom stereocenters. The van der Waals surface area contributed by atoms with Gasteiger partial charge >= 0.3 is 6.03 Å². The zero-order valence-corrected chi connectivity index (χ0v) is 7.37. The Kier molecular flexibility index (Phi) is 3.07. The van der Waals surface area contributed by atoms with Crippen LogP contribution >= 0.6 is 0 Å². The smallest absolute Gasteiger partial charge is 0.325 e. The zero-order chi connectivity index (χ0) is 10.6. The average Bonchev–Trinajstić information content (AvgIpc) is 2.46. The van der Waals surface area contributed by atoms with Crippen LogP contribution in [0.25, 0.3) is 0 Å². The van der Waals surface area contributed by atoms with E-state index in [2.05, 4.69) is 16.6 Å². The van der Waals surface area contributed by atoms with Crippen molar-refractivity contribution in [2.24, 2.45) is 0 Å². The average molecular weight is 195 g/mol. The summed E-state index contributed by atoms with van der Waals surface area (Å²) < 4.78 is 0. The molecule has 0 aromatic carbocycles. The lowest BCUT2D eigenvalue weighted by atomic mass is 10.5. The Morgan fingerprint density at radius 2 is 2.36 bits per heavy atom. The summed E-state index contributed by atoms with van der Waals surface area (Å²) in [6.45, 7) is -0.254. The van der Waals surface area contributed by atoms with E-state index in [1.54, 1.807) is 0 Å². The molecule has 2 N–H and O–H groups in total. The first-order valence-electron chi connectivity index (χ1n) is 3.93. The van der Waals surface area contributed by atoms with Crippen LogP contribution in [0.2, 0.25) is 0 Å².